The normalized spacial score (nSPS) is 21.8. The highest BCUT2D eigenvalue weighted by Gasteiger charge is 2.55. The number of carbonyl (C=O) groups excluding carboxylic acids is 3. The van der Waals surface area contributed by atoms with E-state index >= 15 is 8.78 Å². The average Bonchev–Trinajstić information content (AvgIpc) is 4.31. The zero-order chi connectivity index (χ0) is 57.1. The molecule has 2 unspecified atom stereocenters. The average molecular weight is 1150 g/mol. The number of halogens is 2. The van der Waals surface area contributed by atoms with Crippen LogP contribution in [0.2, 0.25) is 18.1 Å². The van der Waals surface area contributed by atoms with Crippen LogP contribution in [0.5, 0.6) is 5.75 Å². The third kappa shape index (κ3) is 15.3. The molecule has 0 bridgehead atoms. The van der Waals surface area contributed by atoms with E-state index in [1.807, 2.05) is 96.7 Å². The Morgan fingerprint density at radius 2 is 1.49 bits per heavy atom. The molecule has 0 aliphatic carbocycles. The Morgan fingerprint density at radius 1 is 0.848 bits per heavy atom. The van der Waals surface area contributed by atoms with Crippen molar-refractivity contribution in [2.75, 3.05) is 32.6 Å². The van der Waals surface area contributed by atoms with Gasteiger partial charge in [-0.25, -0.2) is 18.2 Å². The van der Waals surface area contributed by atoms with E-state index in [2.05, 4.69) is 94.4 Å². The van der Waals surface area contributed by atoms with Crippen molar-refractivity contribution in [1.82, 2.24) is 25.9 Å². The molecule has 0 aromatic heterocycles. The van der Waals surface area contributed by atoms with Crippen molar-refractivity contribution in [2.24, 2.45) is 0 Å². The Hall–Kier alpha value is -4.49. The lowest BCUT2D eigenvalue weighted by molar-refractivity contribution is -0.126. The molecule has 79 heavy (non-hydrogen) atoms. The van der Waals surface area contributed by atoms with Crippen molar-refractivity contribution >= 4 is 46.5 Å². The molecular weight excluding hydrogens is 1060 g/mol. The third-order valence-corrected chi connectivity index (χ3v) is 23.6. The zero-order valence-corrected chi connectivity index (χ0v) is 50.7. The fraction of sp³-hybridized carbons (Fsp3) is 0.550. The molecule has 3 fully saturated rings. The molecule has 8 atom stereocenters. The summed E-state index contributed by atoms with van der Waals surface area (Å²) in [5.74, 6) is -0.977. The number of hydrogen-bond donors (Lipinski definition) is 4. The molecule has 4 amide bonds. The standard InChI is InChI=1S/C60H84F2N5O9PSSi/c1-12-13-32-73-77(67(39(2)3)40(4)5)75-56-50(37-72-60(42-22-16-14-17-23-42,43-24-18-15-19-25-43)44-28-30-45(71-9)31-29-44)74-55(57(56)76-79(10,11)59(6,7)8)46-33-41(47(61)34-48(46)62)35-63-53(69)36-64-52(68)27-21-20-26-51-54-49(38-78-51)65-58(70)66-54/h14-19,22-25,28-31,33-34,39-40,49-51,54-57H,12-13,20-21,26-27,32,35-38H2,1-11H3,(H,63,69)(H,64,68)(H2,65,66,70)/t49-,50+,51-,54-,55-,56?,57+,77?/m0/s1. The van der Waals surface area contributed by atoms with Crippen LogP contribution in [0.3, 0.4) is 0 Å². The molecular formula is C60H84F2N5O9PSSi. The summed E-state index contributed by atoms with van der Waals surface area (Å²) in [4.78, 5) is 37.9. The van der Waals surface area contributed by atoms with Gasteiger partial charge in [0.1, 0.15) is 47.4 Å². The number of hydrogen-bond acceptors (Lipinski definition) is 11. The number of nitrogens with zero attached hydrogens (tertiary/aromatic N) is 1. The Morgan fingerprint density at radius 3 is 2.10 bits per heavy atom. The maximum absolute atomic E-state index is 17.0. The summed E-state index contributed by atoms with van der Waals surface area (Å²) >= 11 is 1.82. The highest BCUT2D eigenvalue weighted by atomic mass is 32.2. The number of unbranched alkanes of at least 4 members (excludes halogenated alkanes) is 2. The summed E-state index contributed by atoms with van der Waals surface area (Å²) in [5.41, 5.74) is 1.37. The molecule has 14 nitrogen and oxygen atoms in total. The van der Waals surface area contributed by atoms with Gasteiger partial charge in [0.2, 0.25) is 11.8 Å². The zero-order valence-electron chi connectivity index (χ0n) is 47.9. The lowest BCUT2D eigenvalue weighted by Gasteiger charge is -2.42. The third-order valence-electron chi connectivity index (χ3n) is 15.5. The van der Waals surface area contributed by atoms with Gasteiger partial charge in [0.05, 0.1) is 39.0 Å². The second-order valence-electron chi connectivity index (χ2n) is 22.8. The van der Waals surface area contributed by atoms with Crippen LogP contribution < -0.4 is 26.0 Å². The molecule has 3 saturated heterocycles. The van der Waals surface area contributed by atoms with Gasteiger partial charge in [0, 0.05) is 53.2 Å². The number of benzene rings is 4. The number of amides is 4. The van der Waals surface area contributed by atoms with Gasteiger partial charge in [-0.05, 0) is 100.0 Å². The summed E-state index contributed by atoms with van der Waals surface area (Å²) in [5, 5.41) is 11.3. The molecule has 0 radical (unpaired) electrons. The predicted octanol–water partition coefficient (Wildman–Crippen LogP) is 11.8. The van der Waals surface area contributed by atoms with Gasteiger partial charge in [-0.15, -0.1) is 0 Å². The number of thioether (sulfide) groups is 1. The number of methoxy groups -OCH3 is 1. The first-order valence-electron chi connectivity index (χ1n) is 28.0. The van der Waals surface area contributed by atoms with E-state index in [1.54, 1.807) is 7.11 Å². The molecule has 7 rings (SSSR count). The maximum atomic E-state index is 17.0. The first-order chi connectivity index (χ1) is 37.7. The van der Waals surface area contributed by atoms with Crippen molar-refractivity contribution in [2.45, 2.75) is 178 Å². The molecule has 3 aliphatic rings. The Kier molecular flexibility index (Phi) is 22.0. The van der Waals surface area contributed by atoms with Crippen molar-refractivity contribution in [3.05, 3.63) is 137 Å². The molecule has 4 aromatic rings. The van der Waals surface area contributed by atoms with Crippen LogP contribution in [0, 0.1) is 11.6 Å². The van der Waals surface area contributed by atoms with Crippen molar-refractivity contribution in [3.63, 3.8) is 0 Å². The highest BCUT2D eigenvalue weighted by molar-refractivity contribution is 8.00. The molecule has 19 heteroatoms. The molecule has 0 spiro atoms. The summed E-state index contributed by atoms with van der Waals surface area (Å²) in [6.45, 7) is 20.9. The van der Waals surface area contributed by atoms with Crippen LogP contribution in [-0.2, 0) is 44.7 Å². The lowest BCUT2D eigenvalue weighted by Crippen LogP contribution is -2.49. The van der Waals surface area contributed by atoms with E-state index < -0.39 is 64.4 Å². The number of urea groups is 1. The van der Waals surface area contributed by atoms with E-state index in [1.165, 1.54) is 6.07 Å². The number of carbonyl (C=O) groups is 3. The van der Waals surface area contributed by atoms with Crippen LogP contribution in [0.25, 0.3) is 0 Å². The summed E-state index contributed by atoms with van der Waals surface area (Å²) in [7, 11) is -2.94. The van der Waals surface area contributed by atoms with Gasteiger partial charge in [-0.1, -0.05) is 113 Å². The molecule has 3 heterocycles. The highest BCUT2D eigenvalue weighted by Crippen LogP contribution is 2.54. The smallest absolute Gasteiger partial charge is 0.315 e. The van der Waals surface area contributed by atoms with Crippen LogP contribution >= 0.6 is 20.3 Å². The maximum Gasteiger partial charge on any atom is 0.315 e. The van der Waals surface area contributed by atoms with Crippen LogP contribution in [0.4, 0.5) is 13.6 Å². The van der Waals surface area contributed by atoms with Gasteiger partial charge >= 0.3 is 6.03 Å². The fourth-order valence-electron chi connectivity index (χ4n) is 10.3. The van der Waals surface area contributed by atoms with Gasteiger partial charge in [0.15, 0.2) is 8.32 Å². The van der Waals surface area contributed by atoms with Crippen molar-refractivity contribution in [1.29, 1.82) is 0 Å². The first-order valence-corrected chi connectivity index (χ1v) is 33.1. The van der Waals surface area contributed by atoms with Crippen LogP contribution in [0.1, 0.15) is 128 Å². The molecule has 3 aliphatic heterocycles. The minimum atomic E-state index is -2.78. The van der Waals surface area contributed by atoms with E-state index in [0.29, 0.717) is 18.8 Å². The first kappa shape index (κ1) is 62.1. The van der Waals surface area contributed by atoms with Crippen LogP contribution in [0.15, 0.2) is 97.1 Å². The van der Waals surface area contributed by atoms with Crippen LogP contribution in [-0.4, -0.2) is 111 Å². The Balaban J connectivity index is 1.21. The largest absolute Gasteiger partial charge is 0.497 e. The lowest BCUT2D eigenvalue weighted by atomic mass is 9.80. The summed E-state index contributed by atoms with van der Waals surface area (Å²) in [6.07, 6.45) is 0.305. The van der Waals surface area contributed by atoms with E-state index in [4.69, 9.17) is 27.7 Å². The van der Waals surface area contributed by atoms with Gasteiger partial charge < -0.3 is 49.0 Å². The van der Waals surface area contributed by atoms with Gasteiger partial charge in [-0.3, -0.25) is 9.59 Å². The second kappa shape index (κ2) is 28.0. The van der Waals surface area contributed by atoms with E-state index in [0.717, 1.165) is 54.2 Å². The van der Waals surface area contributed by atoms with E-state index in [-0.39, 0.29) is 83.6 Å². The Bertz CT molecular complexity index is 2570. The topological polar surface area (TPSA) is 158 Å². The summed E-state index contributed by atoms with van der Waals surface area (Å²) < 4.78 is 77.2. The molecule has 4 aromatic carbocycles. The molecule has 0 saturated carbocycles. The molecule has 432 valence electrons. The molecule has 4 N–H and O–H groups in total. The quantitative estimate of drug-likeness (QED) is 0.0141. The SMILES string of the molecule is CCCCOP(OC1[C@@H](COC(c2ccccc2)(c2ccccc2)c2ccc(OC)cc2)O[C@@H](c2cc(CNC(=O)CNC(=O)CCCC[C@@H]3SC[C@@H]4NC(=O)N[C@@H]43)c(F)cc2F)[C@H]1O[Si](C)(C)C(C)(C)C)N(C(C)C)C(C)C. The van der Waals surface area contributed by atoms with E-state index in [9.17, 15) is 14.4 Å². The second-order valence-corrected chi connectivity index (χ2v) is 30.3. The van der Waals surface area contributed by atoms with Crippen molar-refractivity contribution in [3.8, 4) is 5.75 Å². The number of nitrogens with one attached hydrogen (secondary N) is 4. The monoisotopic (exact) mass is 1150 g/mol. The minimum Gasteiger partial charge on any atom is -0.497 e. The number of rotatable bonds is 28. The minimum absolute atomic E-state index is 0.0103. The number of fused-ring (bicyclic) bond motifs is 1. The van der Waals surface area contributed by atoms with Gasteiger partial charge in [-0.2, -0.15) is 11.8 Å². The fourth-order valence-corrected chi connectivity index (χ4v) is 14.9. The van der Waals surface area contributed by atoms with Crippen molar-refractivity contribution < 1.29 is 50.8 Å². The Labute approximate surface area is 474 Å². The van der Waals surface area contributed by atoms with Gasteiger partial charge in [0.25, 0.3) is 8.53 Å². The summed E-state index contributed by atoms with van der Waals surface area (Å²) in [6, 6.07) is 30.1. The number of ether oxygens (including phenoxy) is 3. The predicted molar refractivity (Wildman–Crippen MR) is 311 cm³/mol.